The number of amides is 1. The molecule has 0 saturated carbocycles. The van der Waals surface area contributed by atoms with Gasteiger partial charge < -0.3 is 24.6 Å². The number of carbonyl (C=O) groups is 2. The van der Waals surface area contributed by atoms with Crippen molar-refractivity contribution in [2.24, 2.45) is 5.92 Å². The van der Waals surface area contributed by atoms with Crippen molar-refractivity contribution in [1.82, 2.24) is 4.90 Å². The zero-order valence-electron chi connectivity index (χ0n) is 18.8. The van der Waals surface area contributed by atoms with E-state index in [2.05, 4.69) is 13.8 Å². The summed E-state index contributed by atoms with van der Waals surface area (Å²) in [6, 6.07) is 10.7. The average Bonchev–Trinajstić information content (AvgIpc) is 3.01. The number of aliphatic hydroxyl groups excluding tert-OH is 1. The topological polar surface area (TPSA) is 96.3 Å². The normalized spacial score (nSPS) is 17.9. The standard InChI is InChI=1S/C25H29NO6/c1-15(2)14-32-19-9-10-20(16(3)13-19)23(28)21-22(17-5-7-18(27)8-6-17)26(11-12-31-4)25(30)24(21)29/h5-10,13,15,22,27-28H,11-12,14H2,1-4H3/b23-21+/t22-/m1/s1. The highest BCUT2D eigenvalue weighted by atomic mass is 16.5. The number of phenolic OH excluding ortho intramolecular Hbond substituents is 1. The van der Waals surface area contributed by atoms with Crippen molar-refractivity contribution in [2.75, 3.05) is 26.9 Å². The van der Waals surface area contributed by atoms with Gasteiger partial charge in [-0.3, -0.25) is 9.59 Å². The maximum absolute atomic E-state index is 13.0. The molecule has 2 aromatic rings. The molecule has 0 aliphatic carbocycles. The summed E-state index contributed by atoms with van der Waals surface area (Å²) >= 11 is 0. The van der Waals surface area contributed by atoms with Crippen molar-refractivity contribution < 1.29 is 29.3 Å². The van der Waals surface area contributed by atoms with Crippen LogP contribution in [0.5, 0.6) is 11.5 Å². The van der Waals surface area contributed by atoms with E-state index >= 15 is 0 Å². The number of ketones is 1. The molecule has 2 N–H and O–H groups in total. The van der Waals surface area contributed by atoms with Gasteiger partial charge in [-0.15, -0.1) is 0 Å². The van der Waals surface area contributed by atoms with E-state index in [1.807, 2.05) is 6.92 Å². The van der Waals surface area contributed by atoms with E-state index in [0.717, 1.165) is 5.56 Å². The van der Waals surface area contributed by atoms with Crippen LogP contribution in [-0.2, 0) is 14.3 Å². The van der Waals surface area contributed by atoms with Gasteiger partial charge in [0, 0.05) is 19.2 Å². The van der Waals surface area contributed by atoms with E-state index in [1.54, 1.807) is 30.3 Å². The lowest BCUT2D eigenvalue weighted by Gasteiger charge is -2.25. The van der Waals surface area contributed by atoms with Crippen molar-refractivity contribution in [3.8, 4) is 11.5 Å². The molecular weight excluding hydrogens is 410 g/mol. The molecule has 32 heavy (non-hydrogen) atoms. The van der Waals surface area contributed by atoms with Crippen LogP contribution in [0.15, 0.2) is 48.0 Å². The van der Waals surface area contributed by atoms with E-state index in [-0.39, 0.29) is 30.2 Å². The van der Waals surface area contributed by atoms with Crippen LogP contribution >= 0.6 is 0 Å². The van der Waals surface area contributed by atoms with Crippen LogP contribution in [0.4, 0.5) is 0 Å². The van der Waals surface area contributed by atoms with Crippen LogP contribution in [0.2, 0.25) is 0 Å². The number of hydrogen-bond donors (Lipinski definition) is 2. The molecule has 1 amide bonds. The first-order valence-electron chi connectivity index (χ1n) is 10.5. The third-order valence-electron chi connectivity index (χ3n) is 5.32. The number of phenols is 1. The predicted octanol–water partition coefficient (Wildman–Crippen LogP) is 3.80. The third kappa shape index (κ3) is 4.78. The first kappa shape index (κ1) is 23.3. The lowest BCUT2D eigenvalue weighted by molar-refractivity contribution is -0.140. The molecule has 3 rings (SSSR count). The number of rotatable bonds is 8. The Kier molecular flexibility index (Phi) is 7.20. The molecular formula is C25H29NO6. The van der Waals surface area contributed by atoms with Gasteiger partial charge in [0.25, 0.3) is 11.7 Å². The van der Waals surface area contributed by atoms with Gasteiger partial charge in [-0.2, -0.15) is 0 Å². The molecule has 1 fully saturated rings. The number of nitrogens with zero attached hydrogens (tertiary/aromatic N) is 1. The Hall–Kier alpha value is -3.32. The number of likely N-dealkylation sites (tertiary alicyclic amines) is 1. The van der Waals surface area contributed by atoms with Crippen molar-refractivity contribution in [3.63, 3.8) is 0 Å². The van der Waals surface area contributed by atoms with Crippen LogP contribution in [-0.4, -0.2) is 53.7 Å². The lowest BCUT2D eigenvalue weighted by atomic mass is 9.94. The monoisotopic (exact) mass is 439 g/mol. The predicted molar refractivity (Wildman–Crippen MR) is 121 cm³/mol. The highest BCUT2D eigenvalue weighted by Gasteiger charge is 2.46. The Morgan fingerprint density at radius 1 is 1.12 bits per heavy atom. The van der Waals surface area contributed by atoms with Crippen molar-refractivity contribution in [2.45, 2.75) is 26.8 Å². The molecule has 0 aromatic heterocycles. The number of carbonyl (C=O) groups excluding carboxylic acids is 2. The molecule has 1 heterocycles. The first-order valence-corrected chi connectivity index (χ1v) is 10.5. The number of aliphatic hydroxyl groups is 1. The summed E-state index contributed by atoms with van der Waals surface area (Å²) < 4.78 is 10.9. The second kappa shape index (κ2) is 9.87. The summed E-state index contributed by atoms with van der Waals surface area (Å²) in [5.74, 6) is -0.586. The lowest BCUT2D eigenvalue weighted by Crippen LogP contribution is -2.32. The highest BCUT2D eigenvalue weighted by Crippen LogP contribution is 2.40. The fourth-order valence-corrected chi connectivity index (χ4v) is 3.70. The van der Waals surface area contributed by atoms with Crippen molar-refractivity contribution >= 4 is 17.4 Å². The molecule has 0 bridgehead atoms. The summed E-state index contributed by atoms with van der Waals surface area (Å²) in [5.41, 5.74) is 1.79. The summed E-state index contributed by atoms with van der Waals surface area (Å²) in [7, 11) is 1.51. The Bertz CT molecular complexity index is 1030. The van der Waals surface area contributed by atoms with E-state index < -0.39 is 17.7 Å². The average molecular weight is 440 g/mol. The molecule has 7 heteroatoms. The zero-order valence-corrected chi connectivity index (χ0v) is 18.8. The number of hydrogen-bond acceptors (Lipinski definition) is 6. The number of ether oxygens (including phenoxy) is 2. The summed E-state index contributed by atoms with van der Waals surface area (Å²) in [6.45, 7) is 6.91. The molecule has 1 aliphatic heterocycles. The maximum Gasteiger partial charge on any atom is 0.295 e. The fourth-order valence-electron chi connectivity index (χ4n) is 3.70. The van der Waals surface area contributed by atoms with E-state index in [0.29, 0.717) is 29.4 Å². The number of methoxy groups -OCH3 is 1. The van der Waals surface area contributed by atoms with Crippen LogP contribution in [0.3, 0.4) is 0 Å². The van der Waals surface area contributed by atoms with Gasteiger partial charge in [0.2, 0.25) is 0 Å². The van der Waals surface area contributed by atoms with Crippen LogP contribution in [0.25, 0.3) is 5.76 Å². The van der Waals surface area contributed by atoms with Gasteiger partial charge in [-0.1, -0.05) is 26.0 Å². The molecule has 2 aromatic carbocycles. The third-order valence-corrected chi connectivity index (χ3v) is 5.32. The van der Waals surface area contributed by atoms with E-state index in [4.69, 9.17) is 9.47 Å². The van der Waals surface area contributed by atoms with E-state index in [1.165, 1.54) is 24.1 Å². The van der Waals surface area contributed by atoms with Gasteiger partial charge in [0.15, 0.2) is 0 Å². The highest BCUT2D eigenvalue weighted by molar-refractivity contribution is 6.46. The summed E-state index contributed by atoms with van der Waals surface area (Å²) in [5, 5.41) is 20.8. The molecule has 1 atom stereocenters. The Labute approximate surface area is 187 Å². The summed E-state index contributed by atoms with van der Waals surface area (Å²) in [4.78, 5) is 27.2. The largest absolute Gasteiger partial charge is 0.508 e. The van der Waals surface area contributed by atoms with Gasteiger partial charge in [0.05, 0.1) is 24.8 Å². The number of benzene rings is 2. The smallest absolute Gasteiger partial charge is 0.295 e. The molecule has 170 valence electrons. The van der Waals surface area contributed by atoms with Gasteiger partial charge in [-0.25, -0.2) is 0 Å². The second-order valence-electron chi connectivity index (χ2n) is 8.26. The van der Waals surface area contributed by atoms with Gasteiger partial charge in [-0.05, 0) is 54.3 Å². The minimum Gasteiger partial charge on any atom is -0.508 e. The second-order valence-corrected chi connectivity index (χ2v) is 8.26. The maximum atomic E-state index is 13.0. The van der Waals surface area contributed by atoms with E-state index in [9.17, 15) is 19.8 Å². The number of aryl methyl sites for hydroxylation is 1. The number of Topliss-reactive ketones (excluding diaryl/α,β-unsaturated/α-hetero) is 1. The van der Waals surface area contributed by atoms with Gasteiger partial charge in [0.1, 0.15) is 17.3 Å². The molecule has 0 spiro atoms. The first-order chi connectivity index (χ1) is 15.2. The van der Waals surface area contributed by atoms with Crippen LogP contribution in [0.1, 0.15) is 36.6 Å². The molecule has 1 saturated heterocycles. The SMILES string of the molecule is COCCN1C(=O)C(=O)/C(=C(/O)c2ccc(OCC(C)C)cc2C)[C@H]1c1ccc(O)cc1. The molecule has 0 unspecified atom stereocenters. The zero-order chi connectivity index (χ0) is 23.4. The van der Waals surface area contributed by atoms with Crippen LogP contribution < -0.4 is 4.74 Å². The minimum atomic E-state index is -0.790. The van der Waals surface area contributed by atoms with Gasteiger partial charge >= 0.3 is 0 Å². The number of aromatic hydroxyl groups is 1. The van der Waals surface area contributed by atoms with Crippen molar-refractivity contribution in [3.05, 3.63) is 64.7 Å². The Morgan fingerprint density at radius 2 is 1.81 bits per heavy atom. The fraction of sp³-hybridized carbons (Fsp3) is 0.360. The molecule has 0 radical (unpaired) electrons. The Morgan fingerprint density at radius 3 is 2.41 bits per heavy atom. The summed E-state index contributed by atoms with van der Waals surface area (Å²) in [6.07, 6.45) is 0. The minimum absolute atomic E-state index is 0.00995. The molecule has 7 nitrogen and oxygen atoms in total. The van der Waals surface area contributed by atoms with Crippen LogP contribution in [0, 0.1) is 12.8 Å². The molecule has 1 aliphatic rings. The Balaban J connectivity index is 2.07. The van der Waals surface area contributed by atoms with Crippen molar-refractivity contribution in [1.29, 1.82) is 0 Å². The quantitative estimate of drug-likeness (QED) is 0.369.